The Bertz CT molecular complexity index is 785. The van der Waals surface area contributed by atoms with Gasteiger partial charge >= 0.3 is 12.1 Å². The lowest BCUT2D eigenvalue weighted by Gasteiger charge is -2.05. The van der Waals surface area contributed by atoms with Gasteiger partial charge in [0.15, 0.2) is 0 Å². The van der Waals surface area contributed by atoms with Crippen LogP contribution in [-0.2, 0) is 11.2 Å². The van der Waals surface area contributed by atoms with Gasteiger partial charge in [-0.25, -0.2) is 4.79 Å². The van der Waals surface area contributed by atoms with Gasteiger partial charge in [-0.3, -0.25) is 10.1 Å². The molecule has 2 aromatic heterocycles. The molecule has 2 aromatic rings. The highest BCUT2D eigenvalue weighted by molar-refractivity contribution is 7.16. The van der Waals surface area contributed by atoms with Gasteiger partial charge < -0.3 is 10.4 Å². The van der Waals surface area contributed by atoms with E-state index >= 15 is 0 Å². The molecule has 0 bridgehead atoms. The second-order valence-corrected chi connectivity index (χ2v) is 7.64. The average Bonchev–Trinajstić information content (AvgIpc) is 3.35. The highest BCUT2D eigenvalue weighted by atomic mass is 32.1. The molecular formula is C15H17F3N4O3S2. The van der Waals surface area contributed by atoms with Gasteiger partial charge in [-0.2, -0.15) is 13.2 Å². The standard InChI is InChI=1S/C13H16N4OS2.C2HF3O2/c1-2-11-16-17-13(20-11)15-12(18)10-6-5-9(19-10)8-4-3-7-14-8;3-2(4,5)1(6)7/h5-6,8,14H,2-4,7H2,1H3,(H,15,17,18);(H,6,7). The minimum atomic E-state index is -5.08. The van der Waals surface area contributed by atoms with E-state index in [0.29, 0.717) is 11.2 Å². The molecule has 3 N–H and O–H groups in total. The van der Waals surface area contributed by atoms with E-state index in [4.69, 9.17) is 9.90 Å². The normalized spacial score (nSPS) is 16.5. The van der Waals surface area contributed by atoms with Crippen molar-refractivity contribution >= 4 is 39.7 Å². The van der Waals surface area contributed by atoms with E-state index in [1.165, 1.54) is 22.6 Å². The molecule has 1 unspecified atom stereocenters. The molecule has 3 heterocycles. The Balaban J connectivity index is 0.000000321. The molecule has 0 radical (unpaired) electrons. The Morgan fingerprint density at radius 1 is 1.33 bits per heavy atom. The van der Waals surface area contributed by atoms with Crippen molar-refractivity contribution in [2.75, 3.05) is 11.9 Å². The van der Waals surface area contributed by atoms with E-state index in [-0.39, 0.29) is 5.91 Å². The number of rotatable bonds is 4. The fourth-order valence-corrected chi connectivity index (χ4v) is 3.88. The Kier molecular flexibility index (Phi) is 7.27. The van der Waals surface area contributed by atoms with Crippen LogP contribution in [0.2, 0.25) is 0 Å². The number of aromatic nitrogens is 2. The molecule has 1 atom stereocenters. The largest absolute Gasteiger partial charge is 0.490 e. The summed E-state index contributed by atoms with van der Waals surface area (Å²) in [6.07, 6.45) is -1.89. The zero-order valence-corrected chi connectivity index (χ0v) is 15.8. The summed E-state index contributed by atoms with van der Waals surface area (Å²) in [5, 5.41) is 22.8. The number of carbonyl (C=O) groups is 2. The summed E-state index contributed by atoms with van der Waals surface area (Å²) in [6, 6.07) is 4.34. The monoisotopic (exact) mass is 422 g/mol. The number of amides is 1. The summed E-state index contributed by atoms with van der Waals surface area (Å²) in [5.41, 5.74) is 0. The molecule has 0 spiro atoms. The molecule has 27 heavy (non-hydrogen) atoms. The number of anilines is 1. The van der Waals surface area contributed by atoms with Gasteiger partial charge in [0.05, 0.1) is 4.88 Å². The number of carbonyl (C=O) groups excluding carboxylic acids is 1. The summed E-state index contributed by atoms with van der Waals surface area (Å²) in [4.78, 5) is 23.0. The fourth-order valence-electron chi connectivity index (χ4n) is 2.20. The van der Waals surface area contributed by atoms with Crippen molar-refractivity contribution in [3.8, 4) is 0 Å². The molecule has 1 amide bonds. The summed E-state index contributed by atoms with van der Waals surface area (Å²) in [7, 11) is 0. The van der Waals surface area contributed by atoms with Crippen molar-refractivity contribution in [2.45, 2.75) is 38.4 Å². The molecule has 1 fully saturated rings. The summed E-state index contributed by atoms with van der Waals surface area (Å²) in [6.45, 7) is 3.08. The van der Waals surface area contributed by atoms with E-state index in [9.17, 15) is 18.0 Å². The molecule has 1 aliphatic heterocycles. The summed E-state index contributed by atoms with van der Waals surface area (Å²) < 4.78 is 31.7. The Hall–Kier alpha value is -2.05. The zero-order valence-electron chi connectivity index (χ0n) is 14.2. The van der Waals surface area contributed by atoms with E-state index in [2.05, 4.69) is 20.8 Å². The van der Waals surface area contributed by atoms with Crippen LogP contribution in [0.3, 0.4) is 0 Å². The predicted octanol–water partition coefficient (Wildman–Crippen LogP) is 3.47. The first-order valence-corrected chi connectivity index (χ1v) is 9.61. The maximum absolute atomic E-state index is 12.2. The SMILES string of the molecule is CCc1nnc(NC(=O)c2ccc(C3CCCN3)s2)s1.O=C(O)C(F)(F)F. The van der Waals surface area contributed by atoms with Gasteiger partial charge in [-0.05, 0) is 37.9 Å². The van der Waals surface area contributed by atoms with Crippen LogP contribution in [0.5, 0.6) is 0 Å². The van der Waals surface area contributed by atoms with Gasteiger partial charge in [-0.15, -0.1) is 21.5 Å². The lowest BCUT2D eigenvalue weighted by atomic mass is 10.2. The highest BCUT2D eigenvalue weighted by Gasteiger charge is 2.38. The third-order valence-corrected chi connectivity index (χ3v) is 5.67. The fraction of sp³-hybridized carbons (Fsp3) is 0.467. The number of thiophene rings is 1. The number of alkyl halides is 3. The van der Waals surface area contributed by atoms with Crippen LogP contribution in [0, 0.1) is 0 Å². The van der Waals surface area contributed by atoms with E-state index < -0.39 is 12.1 Å². The molecule has 0 aliphatic carbocycles. The van der Waals surface area contributed by atoms with Crippen molar-refractivity contribution in [2.24, 2.45) is 0 Å². The predicted molar refractivity (Wildman–Crippen MR) is 95.2 cm³/mol. The van der Waals surface area contributed by atoms with Crippen molar-refractivity contribution in [1.82, 2.24) is 15.5 Å². The van der Waals surface area contributed by atoms with Crippen LogP contribution in [0.4, 0.5) is 18.3 Å². The van der Waals surface area contributed by atoms with Gasteiger partial charge in [-0.1, -0.05) is 18.3 Å². The number of aliphatic carboxylic acids is 1. The molecular weight excluding hydrogens is 405 g/mol. The zero-order chi connectivity index (χ0) is 20.0. The minimum absolute atomic E-state index is 0.0990. The van der Waals surface area contributed by atoms with Gasteiger partial charge in [0.25, 0.3) is 5.91 Å². The molecule has 3 rings (SSSR count). The van der Waals surface area contributed by atoms with Crippen molar-refractivity contribution in [3.63, 3.8) is 0 Å². The van der Waals surface area contributed by atoms with Crippen molar-refractivity contribution in [1.29, 1.82) is 0 Å². The molecule has 0 saturated carbocycles. The number of hydrogen-bond acceptors (Lipinski definition) is 7. The van der Waals surface area contributed by atoms with Gasteiger partial charge in [0, 0.05) is 10.9 Å². The van der Waals surface area contributed by atoms with E-state index in [1.54, 1.807) is 11.3 Å². The Morgan fingerprint density at radius 2 is 2.04 bits per heavy atom. The second-order valence-electron chi connectivity index (χ2n) is 5.46. The third kappa shape index (κ3) is 6.26. The molecule has 7 nitrogen and oxygen atoms in total. The molecule has 1 aliphatic rings. The second kappa shape index (κ2) is 9.24. The highest BCUT2D eigenvalue weighted by Crippen LogP contribution is 2.29. The van der Waals surface area contributed by atoms with E-state index in [1.807, 2.05) is 19.1 Å². The molecule has 0 aromatic carbocycles. The van der Waals surface area contributed by atoms with E-state index in [0.717, 1.165) is 29.3 Å². The quantitative estimate of drug-likeness (QED) is 0.697. The first-order chi connectivity index (χ1) is 12.7. The maximum atomic E-state index is 12.2. The van der Waals surface area contributed by atoms with Crippen LogP contribution in [-0.4, -0.2) is 39.9 Å². The number of hydrogen-bond donors (Lipinski definition) is 3. The lowest BCUT2D eigenvalue weighted by Crippen LogP contribution is -2.21. The number of nitrogens with zero attached hydrogens (tertiary/aromatic N) is 2. The number of halogens is 3. The maximum Gasteiger partial charge on any atom is 0.490 e. The summed E-state index contributed by atoms with van der Waals surface area (Å²) in [5.74, 6) is -2.86. The molecule has 148 valence electrons. The molecule has 1 saturated heterocycles. The first kappa shape index (κ1) is 21.3. The van der Waals surface area contributed by atoms with Crippen LogP contribution < -0.4 is 10.6 Å². The Labute approximate surface area is 160 Å². The minimum Gasteiger partial charge on any atom is -0.475 e. The van der Waals surface area contributed by atoms with Gasteiger partial charge in [0.1, 0.15) is 5.01 Å². The van der Waals surface area contributed by atoms with Crippen molar-refractivity contribution < 1.29 is 27.9 Å². The number of aryl methyl sites for hydroxylation is 1. The topological polar surface area (TPSA) is 104 Å². The smallest absolute Gasteiger partial charge is 0.475 e. The average molecular weight is 422 g/mol. The van der Waals surface area contributed by atoms with Crippen LogP contribution in [0.15, 0.2) is 12.1 Å². The van der Waals surface area contributed by atoms with Crippen LogP contribution in [0.25, 0.3) is 0 Å². The number of nitrogens with one attached hydrogen (secondary N) is 2. The van der Waals surface area contributed by atoms with Crippen molar-refractivity contribution in [3.05, 3.63) is 26.9 Å². The van der Waals surface area contributed by atoms with Gasteiger partial charge in [0.2, 0.25) is 5.13 Å². The Morgan fingerprint density at radius 3 is 2.56 bits per heavy atom. The number of carboxylic acid groups (broad SMARTS) is 1. The number of carboxylic acids is 1. The summed E-state index contributed by atoms with van der Waals surface area (Å²) >= 11 is 2.98. The molecule has 12 heteroatoms. The third-order valence-electron chi connectivity index (χ3n) is 3.49. The lowest BCUT2D eigenvalue weighted by molar-refractivity contribution is -0.192. The first-order valence-electron chi connectivity index (χ1n) is 7.97. The van der Waals surface area contributed by atoms with Crippen LogP contribution in [0.1, 0.15) is 45.4 Å². The van der Waals surface area contributed by atoms with Crippen LogP contribution >= 0.6 is 22.7 Å².